The minimum atomic E-state index is -0.654. The number of anilines is 2. The van der Waals surface area contributed by atoms with Gasteiger partial charge in [0.1, 0.15) is 5.82 Å². The zero-order valence-electron chi connectivity index (χ0n) is 18.2. The third-order valence-electron chi connectivity index (χ3n) is 4.85. The second-order valence-corrected chi connectivity index (χ2v) is 8.59. The Morgan fingerprint density at radius 3 is 2.41 bits per heavy atom. The third-order valence-corrected chi connectivity index (χ3v) is 4.85. The lowest BCUT2D eigenvalue weighted by Crippen LogP contribution is -2.47. The van der Waals surface area contributed by atoms with Gasteiger partial charge in [-0.2, -0.15) is 0 Å². The molecule has 164 valence electrons. The van der Waals surface area contributed by atoms with E-state index in [1.165, 1.54) is 16.6 Å². The highest BCUT2D eigenvalue weighted by molar-refractivity contribution is 5.96. The van der Waals surface area contributed by atoms with Crippen molar-refractivity contribution in [2.24, 2.45) is 11.8 Å². The van der Waals surface area contributed by atoms with E-state index in [1.807, 2.05) is 13.8 Å². The normalized spacial score (nSPS) is 14.2. The van der Waals surface area contributed by atoms with Crippen LogP contribution in [0.25, 0.3) is 0 Å². The molecule has 1 aromatic heterocycles. The predicted molar refractivity (Wildman–Crippen MR) is 114 cm³/mol. The summed E-state index contributed by atoms with van der Waals surface area (Å²) in [6.07, 6.45) is 2.17. The molecule has 9 nitrogen and oxygen atoms in total. The molecular formula is C20H35N5O4. The van der Waals surface area contributed by atoms with Crippen LogP contribution in [-0.2, 0) is 16.1 Å². The number of rotatable bonds is 11. The Hall–Kier alpha value is -2.13. The first kappa shape index (κ1) is 23.2. The van der Waals surface area contributed by atoms with E-state index in [0.29, 0.717) is 18.5 Å². The van der Waals surface area contributed by atoms with Crippen LogP contribution in [0.4, 0.5) is 11.5 Å². The largest absolute Gasteiger partial charge is 0.383 e. The molecule has 2 rings (SSSR count). The first-order valence-corrected chi connectivity index (χ1v) is 10.3. The molecule has 3 N–H and O–H groups in total. The van der Waals surface area contributed by atoms with Crippen molar-refractivity contribution in [2.75, 3.05) is 44.0 Å². The average molecular weight is 410 g/mol. The van der Waals surface area contributed by atoms with Crippen LogP contribution in [0.3, 0.4) is 0 Å². The van der Waals surface area contributed by atoms with Crippen LogP contribution in [0.2, 0.25) is 0 Å². The zero-order chi connectivity index (χ0) is 21.7. The van der Waals surface area contributed by atoms with Crippen molar-refractivity contribution in [1.82, 2.24) is 14.5 Å². The fourth-order valence-corrected chi connectivity index (χ4v) is 3.44. The molecule has 29 heavy (non-hydrogen) atoms. The van der Waals surface area contributed by atoms with Gasteiger partial charge >= 0.3 is 5.69 Å². The number of aromatic nitrogens is 2. The van der Waals surface area contributed by atoms with Crippen LogP contribution >= 0.6 is 0 Å². The predicted octanol–water partition coefficient (Wildman–Crippen LogP) is 0.875. The van der Waals surface area contributed by atoms with Crippen molar-refractivity contribution in [3.63, 3.8) is 0 Å². The van der Waals surface area contributed by atoms with Gasteiger partial charge in [0.25, 0.3) is 5.56 Å². The molecule has 9 heteroatoms. The van der Waals surface area contributed by atoms with E-state index in [-0.39, 0.29) is 43.0 Å². The lowest BCUT2D eigenvalue weighted by Gasteiger charge is -2.29. The van der Waals surface area contributed by atoms with E-state index in [2.05, 4.69) is 23.7 Å². The molecule has 1 aliphatic carbocycles. The molecule has 0 saturated heterocycles. The SMILES string of the molecule is COCCN(C(=O)CN(CC(C)C)C1CC1)c1c(N)n(CC(C)C)c(=O)[nH]c1=O. The van der Waals surface area contributed by atoms with Gasteiger partial charge in [-0.05, 0) is 24.7 Å². The summed E-state index contributed by atoms with van der Waals surface area (Å²) in [5, 5.41) is 0. The van der Waals surface area contributed by atoms with E-state index >= 15 is 0 Å². The van der Waals surface area contributed by atoms with Crippen LogP contribution < -0.4 is 21.9 Å². The molecule has 1 aliphatic rings. The second-order valence-electron chi connectivity index (χ2n) is 8.59. The topological polar surface area (TPSA) is 114 Å². The highest BCUT2D eigenvalue weighted by Crippen LogP contribution is 2.28. The third kappa shape index (κ3) is 6.17. The maximum atomic E-state index is 13.2. The number of methoxy groups -OCH3 is 1. The van der Waals surface area contributed by atoms with Crippen molar-refractivity contribution >= 4 is 17.4 Å². The van der Waals surface area contributed by atoms with Gasteiger partial charge in [0, 0.05) is 32.8 Å². The summed E-state index contributed by atoms with van der Waals surface area (Å²) in [4.78, 5) is 43.9. The molecule has 1 fully saturated rings. The number of ether oxygens (including phenoxy) is 1. The summed E-state index contributed by atoms with van der Waals surface area (Å²) in [6.45, 7) is 9.93. The van der Waals surface area contributed by atoms with Crippen LogP contribution in [0.1, 0.15) is 40.5 Å². The average Bonchev–Trinajstić information content (AvgIpc) is 3.45. The summed E-state index contributed by atoms with van der Waals surface area (Å²) < 4.78 is 6.46. The number of nitrogen functional groups attached to an aromatic ring is 1. The van der Waals surface area contributed by atoms with Crippen molar-refractivity contribution in [3.05, 3.63) is 20.8 Å². The number of nitrogens with one attached hydrogen (secondary N) is 1. The van der Waals surface area contributed by atoms with E-state index < -0.39 is 11.2 Å². The Morgan fingerprint density at radius 2 is 1.90 bits per heavy atom. The van der Waals surface area contributed by atoms with Crippen LogP contribution in [-0.4, -0.2) is 59.8 Å². The Kier molecular flexibility index (Phi) is 8.04. The number of nitrogens with two attached hydrogens (primary N) is 1. The first-order valence-electron chi connectivity index (χ1n) is 10.3. The van der Waals surface area contributed by atoms with Gasteiger partial charge < -0.3 is 15.4 Å². The molecule has 0 atom stereocenters. The second kappa shape index (κ2) is 10.1. The number of carbonyl (C=O) groups is 1. The van der Waals surface area contributed by atoms with Gasteiger partial charge in [0.15, 0.2) is 5.69 Å². The number of aromatic amines is 1. The summed E-state index contributed by atoms with van der Waals surface area (Å²) >= 11 is 0. The van der Waals surface area contributed by atoms with Gasteiger partial charge in [-0.25, -0.2) is 4.79 Å². The summed E-state index contributed by atoms with van der Waals surface area (Å²) in [6, 6.07) is 0.413. The number of hydrogen-bond donors (Lipinski definition) is 2. The minimum absolute atomic E-state index is 0.0127. The molecule has 1 aromatic rings. The number of hydrogen-bond acceptors (Lipinski definition) is 6. The van der Waals surface area contributed by atoms with Crippen molar-refractivity contribution in [2.45, 2.75) is 53.1 Å². The van der Waals surface area contributed by atoms with Crippen LogP contribution in [0.15, 0.2) is 9.59 Å². The molecule has 0 radical (unpaired) electrons. The Labute approximate surface area is 171 Å². The van der Waals surface area contributed by atoms with Crippen molar-refractivity contribution < 1.29 is 9.53 Å². The van der Waals surface area contributed by atoms with Gasteiger partial charge in [0.2, 0.25) is 5.91 Å². The lowest BCUT2D eigenvalue weighted by molar-refractivity contribution is -0.120. The number of carbonyl (C=O) groups excluding carboxylic acids is 1. The highest BCUT2D eigenvalue weighted by Gasteiger charge is 2.33. The quantitative estimate of drug-likeness (QED) is 0.561. The standard InChI is InChI=1S/C20H35N5O4/c1-13(2)10-23(15-6-7-15)12-16(26)24(8-9-29-5)17-18(21)25(11-14(3)4)20(28)22-19(17)27/h13-15H,6-12,21H2,1-5H3,(H,22,27,28). The maximum absolute atomic E-state index is 13.2. The Bertz CT molecular complexity index is 810. The Morgan fingerprint density at radius 1 is 1.24 bits per heavy atom. The van der Waals surface area contributed by atoms with Crippen molar-refractivity contribution in [3.8, 4) is 0 Å². The molecule has 0 aliphatic heterocycles. The molecule has 1 amide bonds. The fourth-order valence-electron chi connectivity index (χ4n) is 3.44. The molecule has 1 heterocycles. The van der Waals surface area contributed by atoms with E-state index in [4.69, 9.17) is 10.5 Å². The zero-order valence-corrected chi connectivity index (χ0v) is 18.2. The molecule has 0 bridgehead atoms. The number of nitrogens with zero attached hydrogens (tertiary/aromatic N) is 3. The summed E-state index contributed by atoms with van der Waals surface area (Å²) in [5.74, 6) is 0.366. The number of H-pyrrole nitrogens is 1. The van der Waals surface area contributed by atoms with E-state index in [9.17, 15) is 14.4 Å². The van der Waals surface area contributed by atoms with Crippen LogP contribution in [0.5, 0.6) is 0 Å². The smallest absolute Gasteiger partial charge is 0.330 e. The van der Waals surface area contributed by atoms with Gasteiger partial charge in [-0.3, -0.25) is 24.0 Å². The first-order chi connectivity index (χ1) is 13.6. The highest BCUT2D eigenvalue weighted by atomic mass is 16.5. The molecular weight excluding hydrogens is 374 g/mol. The molecule has 0 unspecified atom stereocenters. The summed E-state index contributed by atoms with van der Waals surface area (Å²) in [5.41, 5.74) is 5.02. The van der Waals surface area contributed by atoms with Crippen molar-refractivity contribution in [1.29, 1.82) is 0 Å². The summed E-state index contributed by atoms with van der Waals surface area (Å²) in [7, 11) is 1.53. The lowest BCUT2D eigenvalue weighted by atomic mass is 10.2. The maximum Gasteiger partial charge on any atom is 0.330 e. The van der Waals surface area contributed by atoms with Gasteiger partial charge in [0.05, 0.1) is 13.2 Å². The minimum Gasteiger partial charge on any atom is -0.383 e. The molecule has 0 spiro atoms. The Balaban J connectivity index is 2.39. The number of amides is 1. The van der Waals surface area contributed by atoms with Crippen LogP contribution in [0, 0.1) is 11.8 Å². The van der Waals surface area contributed by atoms with Gasteiger partial charge in [-0.15, -0.1) is 0 Å². The molecule has 1 saturated carbocycles. The van der Waals surface area contributed by atoms with E-state index in [0.717, 1.165) is 19.4 Å². The fraction of sp³-hybridized carbons (Fsp3) is 0.750. The monoisotopic (exact) mass is 409 g/mol. The molecule has 0 aromatic carbocycles. The van der Waals surface area contributed by atoms with E-state index in [1.54, 1.807) is 0 Å². The van der Waals surface area contributed by atoms with Gasteiger partial charge in [-0.1, -0.05) is 27.7 Å².